The third-order valence-electron chi connectivity index (χ3n) is 3.99. The van der Waals surface area contributed by atoms with E-state index in [2.05, 4.69) is 20.6 Å². The fraction of sp³-hybridized carbons (Fsp3) is 0.143. The lowest BCUT2D eigenvalue weighted by Crippen LogP contribution is -2.20. The molecule has 3 N–H and O–H groups in total. The summed E-state index contributed by atoms with van der Waals surface area (Å²) in [5.41, 5.74) is 1.52. The van der Waals surface area contributed by atoms with Crippen molar-refractivity contribution in [1.82, 2.24) is 9.97 Å². The van der Waals surface area contributed by atoms with Crippen LogP contribution < -0.4 is 20.9 Å². The Labute approximate surface area is 167 Å². The van der Waals surface area contributed by atoms with Crippen LogP contribution in [-0.4, -0.2) is 28.9 Å². The topological polar surface area (TPSA) is 113 Å². The first-order valence-corrected chi connectivity index (χ1v) is 8.85. The molecule has 0 radical (unpaired) electrons. The van der Waals surface area contributed by atoms with Gasteiger partial charge in [-0.15, -0.1) is 0 Å². The Hall–Kier alpha value is -3.94. The first-order valence-electron chi connectivity index (χ1n) is 8.85. The summed E-state index contributed by atoms with van der Waals surface area (Å²) in [6.45, 7) is 1.40. The molecule has 0 unspecified atom stereocenters. The molecule has 29 heavy (non-hydrogen) atoms. The second kappa shape index (κ2) is 8.83. The third-order valence-corrected chi connectivity index (χ3v) is 3.99. The Bertz CT molecular complexity index is 1090. The molecule has 3 aromatic rings. The fourth-order valence-corrected chi connectivity index (χ4v) is 2.72. The number of methoxy groups -OCH3 is 1. The molecule has 1 heterocycles. The van der Waals surface area contributed by atoms with E-state index in [4.69, 9.17) is 4.74 Å². The average molecular weight is 392 g/mol. The van der Waals surface area contributed by atoms with Crippen molar-refractivity contribution in [3.63, 3.8) is 0 Å². The van der Waals surface area contributed by atoms with Crippen molar-refractivity contribution in [2.24, 2.45) is 0 Å². The zero-order chi connectivity index (χ0) is 20.8. The summed E-state index contributed by atoms with van der Waals surface area (Å²) in [6, 6.07) is 15.2. The van der Waals surface area contributed by atoms with Crippen LogP contribution >= 0.6 is 0 Å². The van der Waals surface area contributed by atoms with Crippen LogP contribution in [0, 0.1) is 0 Å². The number of nitrogens with zero attached hydrogens (tertiary/aromatic N) is 1. The maximum atomic E-state index is 12.6. The zero-order valence-corrected chi connectivity index (χ0v) is 16.0. The minimum absolute atomic E-state index is 0.00203. The van der Waals surface area contributed by atoms with Gasteiger partial charge in [-0.25, -0.2) is 4.98 Å². The molecule has 2 amide bonds. The van der Waals surface area contributed by atoms with Gasteiger partial charge in [-0.05, 0) is 35.9 Å². The zero-order valence-electron chi connectivity index (χ0n) is 16.0. The van der Waals surface area contributed by atoms with Crippen LogP contribution in [-0.2, 0) is 11.2 Å². The quantitative estimate of drug-likeness (QED) is 0.597. The number of amides is 2. The summed E-state index contributed by atoms with van der Waals surface area (Å²) in [4.78, 5) is 42.6. The first-order chi connectivity index (χ1) is 13.9. The summed E-state index contributed by atoms with van der Waals surface area (Å²) in [5, 5.41) is 5.33. The van der Waals surface area contributed by atoms with E-state index in [0.29, 0.717) is 23.6 Å². The Balaban J connectivity index is 1.77. The Morgan fingerprint density at radius 3 is 2.38 bits per heavy atom. The van der Waals surface area contributed by atoms with Crippen LogP contribution in [0.4, 0.5) is 11.4 Å². The number of carbonyl (C=O) groups is 2. The summed E-state index contributed by atoms with van der Waals surface area (Å²) in [5.74, 6) is 0.365. The van der Waals surface area contributed by atoms with E-state index in [1.807, 2.05) is 24.3 Å². The predicted octanol–water partition coefficient (Wildman–Crippen LogP) is 2.58. The normalized spacial score (nSPS) is 10.3. The van der Waals surface area contributed by atoms with Gasteiger partial charge in [0.1, 0.15) is 17.3 Å². The molecule has 0 fully saturated rings. The molecule has 2 aromatic carbocycles. The van der Waals surface area contributed by atoms with E-state index in [9.17, 15) is 14.4 Å². The summed E-state index contributed by atoms with van der Waals surface area (Å²) in [7, 11) is 1.59. The molecule has 0 aliphatic heterocycles. The SMILES string of the molecule is COc1ccc(Cc2nc(C(=O)Nc3cccc(NC(C)=O)c3)cc(=O)[nH]2)cc1. The maximum Gasteiger partial charge on any atom is 0.274 e. The van der Waals surface area contributed by atoms with Crippen molar-refractivity contribution in [2.75, 3.05) is 17.7 Å². The molecule has 0 atom stereocenters. The van der Waals surface area contributed by atoms with Gasteiger partial charge >= 0.3 is 0 Å². The monoisotopic (exact) mass is 392 g/mol. The molecule has 1 aromatic heterocycles. The number of H-pyrrole nitrogens is 1. The molecule has 8 nitrogen and oxygen atoms in total. The molecule has 0 saturated heterocycles. The van der Waals surface area contributed by atoms with E-state index in [-0.39, 0.29) is 11.6 Å². The van der Waals surface area contributed by atoms with Crippen LogP contribution in [0.5, 0.6) is 5.75 Å². The highest BCUT2D eigenvalue weighted by Crippen LogP contribution is 2.16. The lowest BCUT2D eigenvalue weighted by molar-refractivity contribution is -0.114. The molecule has 0 aliphatic rings. The number of hydrogen-bond donors (Lipinski definition) is 3. The number of rotatable bonds is 6. The van der Waals surface area contributed by atoms with Gasteiger partial charge in [-0.2, -0.15) is 0 Å². The minimum Gasteiger partial charge on any atom is -0.497 e. The smallest absolute Gasteiger partial charge is 0.274 e. The van der Waals surface area contributed by atoms with Gasteiger partial charge in [0.15, 0.2) is 0 Å². The second-order valence-electron chi connectivity index (χ2n) is 6.32. The second-order valence-corrected chi connectivity index (χ2v) is 6.32. The largest absolute Gasteiger partial charge is 0.497 e. The number of benzene rings is 2. The van der Waals surface area contributed by atoms with E-state index in [0.717, 1.165) is 17.4 Å². The highest BCUT2D eigenvalue weighted by atomic mass is 16.5. The number of carbonyl (C=O) groups excluding carboxylic acids is 2. The fourth-order valence-electron chi connectivity index (χ4n) is 2.72. The van der Waals surface area contributed by atoms with Gasteiger partial charge < -0.3 is 20.4 Å². The van der Waals surface area contributed by atoms with Crippen LogP contribution in [0.1, 0.15) is 28.8 Å². The van der Waals surface area contributed by atoms with E-state index in [1.54, 1.807) is 31.4 Å². The van der Waals surface area contributed by atoms with Crippen LogP contribution in [0.3, 0.4) is 0 Å². The molecule has 0 bridgehead atoms. The Kier molecular flexibility index (Phi) is 6.03. The molecule has 3 rings (SSSR count). The number of aromatic amines is 1. The van der Waals surface area contributed by atoms with Crippen molar-refractivity contribution < 1.29 is 14.3 Å². The molecule has 148 valence electrons. The van der Waals surface area contributed by atoms with Crippen molar-refractivity contribution in [2.45, 2.75) is 13.3 Å². The first kappa shape index (κ1) is 19.8. The molecule has 8 heteroatoms. The predicted molar refractivity (Wildman–Crippen MR) is 109 cm³/mol. The van der Waals surface area contributed by atoms with Crippen molar-refractivity contribution >= 4 is 23.2 Å². The van der Waals surface area contributed by atoms with Crippen molar-refractivity contribution in [1.29, 1.82) is 0 Å². The van der Waals surface area contributed by atoms with E-state index >= 15 is 0 Å². The Morgan fingerprint density at radius 1 is 1.03 bits per heavy atom. The van der Waals surface area contributed by atoms with Crippen LogP contribution in [0.15, 0.2) is 59.4 Å². The third kappa shape index (κ3) is 5.52. The summed E-state index contributed by atoms with van der Waals surface area (Å²) >= 11 is 0. The number of hydrogen-bond acceptors (Lipinski definition) is 5. The number of anilines is 2. The molecule has 0 spiro atoms. The minimum atomic E-state index is -0.521. The maximum absolute atomic E-state index is 12.6. The standard InChI is InChI=1S/C21H20N4O4/c1-13(26)22-15-4-3-5-16(11-15)23-21(28)18-12-20(27)25-19(24-18)10-14-6-8-17(29-2)9-7-14/h3-9,11-12H,10H2,1-2H3,(H,22,26)(H,23,28)(H,24,25,27). The number of ether oxygens (including phenoxy) is 1. The average Bonchev–Trinajstić information content (AvgIpc) is 2.68. The van der Waals surface area contributed by atoms with Gasteiger partial charge in [0.2, 0.25) is 5.91 Å². The van der Waals surface area contributed by atoms with Gasteiger partial charge in [-0.3, -0.25) is 14.4 Å². The lowest BCUT2D eigenvalue weighted by Gasteiger charge is -2.08. The van der Waals surface area contributed by atoms with Crippen LogP contribution in [0.25, 0.3) is 0 Å². The molecular formula is C21H20N4O4. The van der Waals surface area contributed by atoms with Crippen molar-refractivity contribution in [3.8, 4) is 5.75 Å². The van der Waals surface area contributed by atoms with Gasteiger partial charge in [0, 0.05) is 30.8 Å². The van der Waals surface area contributed by atoms with Crippen molar-refractivity contribution in [3.05, 3.63) is 82.0 Å². The highest BCUT2D eigenvalue weighted by Gasteiger charge is 2.12. The van der Waals surface area contributed by atoms with Gasteiger partial charge in [0.05, 0.1) is 7.11 Å². The summed E-state index contributed by atoms with van der Waals surface area (Å²) < 4.78 is 5.13. The van der Waals surface area contributed by atoms with E-state index < -0.39 is 11.5 Å². The van der Waals surface area contributed by atoms with Crippen LogP contribution in [0.2, 0.25) is 0 Å². The summed E-state index contributed by atoms with van der Waals surface area (Å²) in [6.07, 6.45) is 0.359. The lowest BCUT2D eigenvalue weighted by atomic mass is 10.1. The molecule has 0 aliphatic carbocycles. The van der Waals surface area contributed by atoms with Gasteiger partial charge in [-0.1, -0.05) is 18.2 Å². The Morgan fingerprint density at radius 2 is 1.72 bits per heavy atom. The van der Waals surface area contributed by atoms with E-state index in [1.165, 1.54) is 6.92 Å². The highest BCUT2D eigenvalue weighted by molar-refractivity contribution is 6.03. The van der Waals surface area contributed by atoms with Gasteiger partial charge in [0.25, 0.3) is 11.5 Å². The molecular weight excluding hydrogens is 372 g/mol. The molecule has 0 saturated carbocycles. The number of nitrogens with one attached hydrogen (secondary N) is 3. The number of aromatic nitrogens is 2.